The maximum absolute atomic E-state index is 14.5. The molecule has 0 bridgehead atoms. The number of amides is 3. The number of anilines is 1. The van der Waals surface area contributed by atoms with Gasteiger partial charge in [-0.25, -0.2) is 0 Å². The van der Waals surface area contributed by atoms with Crippen LogP contribution in [0, 0.1) is 25.7 Å². The molecule has 0 saturated carbocycles. The summed E-state index contributed by atoms with van der Waals surface area (Å²) in [4.78, 5) is 48.0. The van der Waals surface area contributed by atoms with Gasteiger partial charge >= 0.3 is 0 Å². The fourth-order valence-electron chi connectivity index (χ4n) is 6.77. The first-order chi connectivity index (χ1) is 17.6. The molecule has 0 aliphatic carbocycles. The molecule has 6 atom stereocenters. The molecular weight excluding hydrogens is 486 g/mol. The number of benzene rings is 1. The van der Waals surface area contributed by atoms with Crippen LogP contribution in [0.25, 0.3) is 0 Å². The van der Waals surface area contributed by atoms with E-state index >= 15 is 0 Å². The minimum absolute atomic E-state index is 0.0224. The molecule has 4 aliphatic heterocycles. The molecule has 198 valence electrons. The smallest absolute Gasteiger partial charge is 0.251 e. The molecule has 37 heavy (non-hydrogen) atoms. The van der Waals surface area contributed by atoms with Crippen LogP contribution >= 0.6 is 11.8 Å². The van der Waals surface area contributed by atoms with E-state index in [1.807, 2.05) is 69.0 Å². The Balaban J connectivity index is 1.67. The van der Waals surface area contributed by atoms with Gasteiger partial charge in [-0.1, -0.05) is 43.4 Å². The summed E-state index contributed by atoms with van der Waals surface area (Å²) in [6.45, 7) is 11.1. The minimum atomic E-state index is -0.904. The third-order valence-electron chi connectivity index (χ3n) is 8.47. The summed E-state index contributed by atoms with van der Waals surface area (Å²) in [5.41, 5.74) is 2.86. The van der Waals surface area contributed by atoms with E-state index in [0.717, 1.165) is 23.2 Å². The Morgan fingerprint density at radius 3 is 2.49 bits per heavy atom. The number of nitrogens with zero attached hydrogens (tertiary/aromatic N) is 3. The van der Waals surface area contributed by atoms with Crippen LogP contribution in [0.1, 0.15) is 38.3 Å². The van der Waals surface area contributed by atoms with Crippen molar-refractivity contribution in [1.82, 2.24) is 9.80 Å². The van der Waals surface area contributed by atoms with E-state index in [9.17, 15) is 19.5 Å². The van der Waals surface area contributed by atoms with Crippen LogP contribution < -0.4 is 4.90 Å². The van der Waals surface area contributed by atoms with Gasteiger partial charge in [0.05, 0.1) is 29.2 Å². The molecule has 0 radical (unpaired) electrons. The third kappa shape index (κ3) is 3.78. The Labute approximate surface area is 223 Å². The standard InChI is InChI=1S/C29H37N3O4S/c1-6-13-30-14-7-11-28(5)22(25(30)34)23-26(35)32(20(4)17-33)24-27(36)31(15-8-12-29(23,24)37-28)21-16-18(2)9-10-19(21)3/h7-12,16,20,22-24,33H,6,13-15,17H2,1-5H3/t20-,22-,23+,24?,28+,29+/m1/s1. The van der Waals surface area contributed by atoms with E-state index in [1.165, 1.54) is 0 Å². The van der Waals surface area contributed by atoms with Crippen LogP contribution in [0.15, 0.2) is 42.5 Å². The van der Waals surface area contributed by atoms with Crippen LogP contribution in [-0.2, 0) is 14.4 Å². The van der Waals surface area contributed by atoms with E-state index in [4.69, 9.17) is 0 Å². The average molecular weight is 524 g/mol. The first-order valence-corrected chi connectivity index (χ1v) is 14.1. The zero-order chi connectivity index (χ0) is 26.7. The highest BCUT2D eigenvalue weighted by Crippen LogP contribution is 2.65. The second-order valence-electron chi connectivity index (χ2n) is 11.1. The average Bonchev–Trinajstić information content (AvgIpc) is 3.14. The summed E-state index contributed by atoms with van der Waals surface area (Å²) in [6.07, 6.45) is 8.98. The summed E-state index contributed by atoms with van der Waals surface area (Å²) >= 11 is 1.58. The molecule has 0 aromatic heterocycles. The van der Waals surface area contributed by atoms with Crippen LogP contribution in [0.4, 0.5) is 5.69 Å². The van der Waals surface area contributed by atoms with Crippen molar-refractivity contribution in [3.8, 4) is 0 Å². The molecule has 1 spiro atoms. The monoisotopic (exact) mass is 523 g/mol. The molecule has 7 nitrogen and oxygen atoms in total. The largest absolute Gasteiger partial charge is 0.394 e. The number of aliphatic hydroxyl groups is 1. The lowest BCUT2D eigenvalue weighted by Crippen LogP contribution is -2.56. The van der Waals surface area contributed by atoms with Gasteiger partial charge in [0.2, 0.25) is 11.8 Å². The molecule has 4 heterocycles. The predicted octanol–water partition coefficient (Wildman–Crippen LogP) is 3.08. The second-order valence-corrected chi connectivity index (χ2v) is 12.9. The molecule has 5 rings (SSSR count). The van der Waals surface area contributed by atoms with E-state index in [2.05, 4.69) is 6.08 Å². The van der Waals surface area contributed by atoms with Gasteiger partial charge in [-0.15, -0.1) is 11.8 Å². The minimum Gasteiger partial charge on any atom is -0.394 e. The predicted molar refractivity (Wildman–Crippen MR) is 146 cm³/mol. The number of hydrogen-bond donors (Lipinski definition) is 1. The Bertz CT molecular complexity index is 1200. The lowest BCUT2D eigenvalue weighted by Gasteiger charge is -2.39. The molecule has 8 heteroatoms. The second kappa shape index (κ2) is 9.31. The number of carbonyl (C=O) groups excluding carboxylic acids is 3. The number of fused-ring (bicyclic) bond motifs is 2. The molecule has 2 fully saturated rings. The topological polar surface area (TPSA) is 81.2 Å². The summed E-state index contributed by atoms with van der Waals surface area (Å²) in [5.74, 6) is -1.67. The Morgan fingerprint density at radius 1 is 1.05 bits per heavy atom. The number of likely N-dealkylation sites (tertiary alicyclic amines) is 1. The van der Waals surface area contributed by atoms with Crippen LogP contribution in [-0.4, -0.2) is 80.4 Å². The Kier molecular flexibility index (Phi) is 6.55. The molecule has 1 unspecified atom stereocenters. The van der Waals surface area contributed by atoms with Crippen molar-refractivity contribution in [2.75, 3.05) is 31.1 Å². The highest BCUT2D eigenvalue weighted by Gasteiger charge is 2.74. The Hall–Kier alpha value is -2.58. The maximum Gasteiger partial charge on any atom is 0.251 e. The number of aryl methyl sites for hydroxylation is 2. The van der Waals surface area contributed by atoms with Gasteiger partial charge in [0.15, 0.2) is 0 Å². The zero-order valence-electron chi connectivity index (χ0n) is 22.3. The van der Waals surface area contributed by atoms with Crippen LogP contribution in [0.5, 0.6) is 0 Å². The fourth-order valence-corrected chi connectivity index (χ4v) is 8.92. The van der Waals surface area contributed by atoms with Gasteiger partial charge in [-0.05, 0) is 51.3 Å². The van der Waals surface area contributed by atoms with Crippen molar-refractivity contribution < 1.29 is 19.5 Å². The molecule has 1 aromatic carbocycles. The van der Waals surface area contributed by atoms with Crippen LogP contribution in [0.2, 0.25) is 0 Å². The molecule has 3 amide bonds. The zero-order valence-corrected chi connectivity index (χ0v) is 23.1. The highest BCUT2D eigenvalue weighted by atomic mass is 32.2. The number of hydrogen-bond acceptors (Lipinski definition) is 5. The molecule has 1 aromatic rings. The number of carbonyl (C=O) groups is 3. The van der Waals surface area contributed by atoms with Crippen molar-refractivity contribution in [3.63, 3.8) is 0 Å². The van der Waals surface area contributed by atoms with Gasteiger partial charge in [-0.2, -0.15) is 0 Å². The van der Waals surface area contributed by atoms with E-state index in [-0.39, 0.29) is 24.3 Å². The quantitative estimate of drug-likeness (QED) is 0.600. The SMILES string of the molecule is CCCN1CC=C[C@]2(C)S[C@]34C=CCN(c5cc(C)ccc5C)C(=O)C3N([C@H](C)CO)C(=O)[C@@H]4[C@@H]2C1=O. The normalized spacial score (nSPS) is 33.8. The molecule has 2 saturated heterocycles. The summed E-state index contributed by atoms with van der Waals surface area (Å²) in [7, 11) is 0. The van der Waals surface area contributed by atoms with Crippen molar-refractivity contribution >= 4 is 35.2 Å². The summed E-state index contributed by atoms with van der Waals surface area (Å²) in [5, 5.41) is 10.1. The van der Waals surface area contributed by atoms with Crippen molar-refractivity contribution in [1.29, 1.82) is 0 Å². The highest BCUT2D eigenvalue weighted by molar-refractivity contribution is 8.02. The van der Waals surface area contributed by atoms with E-state index < -0.39 is 33.4 Å². The van der Waals surface area contributed by atoms with Gasteiger partial charge in [0, 0.05) is 30.1 Å². The lowest BCUT2D eigenvalue weighted by molar-refractivity contribution is -0.145. The van der Waals surface area contributed by atoms with Crippen molar-refractivity contribution in [2.24, 2.45) is 11.8 Å². The Morgan fingerprint density at radius 2 is 1.78 bits per heavy atom. The number of aliphatic hydroxyl groups excluding tert-OH is 1. The van der Waals surface area contributed by atoms with Gasteiger partial charge in [0.25, 0.3) is 5.91 Å². The fraction of sp³-hybridized carbons (Fsp3) is 0.552. The van der Waals surface area contributed by atoms with E-state index in [0.29, 0.717) is 19.6 Å². The first-order valence-electron chi connectivity index (χ1n) is 13.3. The first kappa shape index (κ1) is 26.0. The van der Waals surface area contributed by atoms with Crippen molar-refractivity contribution in [2.45, 2.75) is 62.6 Å². The van der Waals surface area contributed by atoms with Gasteiger partial charge in [-0.3, -0.25) is 14.4 Å². The summed E-state index contributed by atoms with van der Waals surface area (Å²) < 4.78 is -1.52. The number of thioether (sulfide) groups is 1. The van der Waals surface area contributed by atoms with Gasteiger partial charge < -0.3 is 19.8 Å². The van der Waals surface area contributed by atoms with Crippen molar-refractivity contribution in [3.05, 3.63) is 53.6 Å². The number of rotatable bonds is 5. The van der Waals surface area contributed by atoms with Crippen LogP contribution in [0.3, 0.4) is 0 Å². The molecule has 4 aliphatic rings. The molecule has 1 N–H and O–H groups in total. The summed E-state index contributed by atoms with van der Waals surface area (Å²) in [6, 6.07) is 4.67. The molecular formula is C29H37N3O4S. The van der Waals surface area contributed by atoms with Gasteiger partial charge in [0.1, 0.15) is 6.04 Å². The third-order valence-corrected chi connectivity index (χ3v) is 10.3. The maximum atomic E-state index is 14.5. The lowest BCUT2D eigenvalue weighted by atomic mass is 9.74. The van der Waals surface area contributed by atoms with E-state index in [1.54, 1.807) is 28.5 Å².